The van der Waals surface area contributed by atoms with Crippen LogP contribution < -0.4 is 0 Å². The molecule has 1 aromatic rings. The minimum atomic E-state index is 0.692. The second-order valence-corrected chi connectivity index (χ2v) is 5.64. The third-order valence-electron chi connectivity index (χ3n) is 2.41. The van der Waals surface area contributed by atoms with E-state index in [0.717, 1.165) is 16.8 Å². The molecule has 84 valence electrons. The molecule has 0 amide bonds. The Kier molecular flexibility index (Phi) is 6.78. The fraction of sp³-hybridized carbons (Fsp3) is 0.500. The SMILES string of the molecule is CSCCC(CBr)Cc1ccccc1Cl. The van der Waals surface area contributed by atoms with Crippen molar-refractivity contribution < 1.29 is 0 Å². The lowest BCUT2D eigenvalue weighted by molar-refractivity contribution is 0.579. The van der Waals surface area contributed by atoms with Crippen molar-refractivity contribution in [1.29, 1.82) is 0 Å². The van der Waals surface area contributed by atoms with Gasteiger partial charge in [-0.2, -0.15) is 11.8 Å². The lowest BCUT2D eigenvalue weighted by Gasteiger charge is -2.14. The molecule has 0 radical (unpaired) electrons. The summed E-state index contributed by atoms with van der Waals surface area (Å²) in [6, 6.07) is 8.13. The van der Waals surface area contributed by atoms with Crippen LogP contribution in [0.2, 0.25) is 5.02 Å². The summed E-state index contributed by atoms with van der Waals surface area (Å²) < 4.78 is 0. The maximum Gasteiger partial charge on any atom is 0.0438 e. The summed E-state index contributed by atoms with van der Waals surface area (Å²) in [5.41, 5.74) is 1.27. The summed E-state index contributed by atoms with van der Waals surface area (Å²) in [6.07, 6.45) is 4.48. The molecule has 15 heavy (non-hydrogen) atoms. The Morgan fingerprint density at radius 2 is 2.13 bits per heavy atom. The van der Waals surface area contributed by atoms with E-state index in [1.807, 2.05) is 23.9 Å². The average molecular weight is 308 g/mol. The van der Waals surface area contributed by atoms with Crippen molar-refractivity contribution in [2.75, 3.05) is 17.3 Å². The number of thioether (sulfide) groups is 1. The predicted octanol–water partition coefficient (Wildman–Crippen LogP) is 4.65. The minimum absolute atomic E-state index is 0.692. The van der Waals surface area contributed by atoms with Crippen molar-refractivity contribution in [3.05, 3.63) is 34.9 Å². The molecule has 0 saturated carbocycles. The molecule has 1 aromatic carbocycles. The molecule has 0 aliphatic heterocycles. The normalized spacial score (nSPS) is 12.7. The monoisotopic (exact) mass is 306 g/mol. The Bertz CT molecular complexity index is 291. The molecule has 0 aromatic heterocycles. The van der Waals surface area contributed by atoms with E-state index >= 15 is 0 Å². The van der Waals surface area contributed by atoms with Crippen LogP contribution in [0.4, 0.5) is 0 Å². The molecule has 3 heteroatoms. The number of halogens is 2. The molecule has 0 bridgehead atoms. The van der Waals surface area contributed by atoms with Crippen LogP contribution in [0.3, 0.4) is 0 Å². The average Bonchev–Trinajstić information content (AvgIpc) is 2.26. The van der Waals surface area contributed by atoms with Crippen molar-refractivity contribution in [3.8, 4) is 0 Å². The summed E-state index contributed by atoms with van der Waals surface area (Å²) in [4.78, 5) is 0. The van der Waals surface area contributed by atoms with Crippen LogP contribution in [0.15, 0.2) is 24.3 Å². The molecular weight excluding hydrogens is 292 g/mol. The Hall–Kier alpha value is 0.340. The van der Waals surface area contributed by atoms with E-state index in [1.54, 1.807) is 0 Å². The molecule has 0 fully saturated rings. The van der Waals surface area contributed by atoms with Crippen molar-refractivity contribution >= 4 is 39.3 Å². The van der Waals surface area contributed by atoms with Gasteiger partial charge in [0.25, 0.3) is 0 Å². The smallest absolute Gasteiger partial charge is 0.0438 e. The van der Waals surface area contributed by atoms with Gasteiger partial charge in [0.2, 0.25) is 0 Å². The van der Waals surface area contributed by atoms with Crippen LogP contribution >= 0.6 is 39.3 Å². The van der Waals surface area contributed by atoms with Gasteiger partial charge in [0, 0.05) is 10.4 Å². The molecule has 1 atom stereocenters. The van der Waals surface area contributed by atoms with Crippen LogP contribution in [-0.4, -0.2) is 17.3 Å². The first-order valence-corrected chi connectivity index (χ1v) is 7.95. The first-order chi connectivity index (χ1) is 7.27. The van der Waals surface area contributed by atoms with Crippen LogP contribution in [0, 0.1) is 5.92 Å². The summed E-state index contributed by atoms with van der Waals surface area (Å²) in [7, 11) is 0. The van der Waals surface area contributed by atoms with Gasteiger partial charge in [-0.1, -0.05) is 45.7 Å². The van der Waals surface area contributed by atoms with Gasteiger partial charge in [-0.05, 0) is 42.4 Å². The third-order valence-corrected chi connectivity index (χ3v) is 4.34. The maximum atomic E-state index is 6.14. The summed E-state index contributed by atoms with van der Waals surface area (Å²) >= 11 is 11.6. The number of benzene rings is 1. The van der Waals surface area contributed by atoms with E-state index in [2.05, 4.69) is 34.3 Å². The summed E-state index contributed by atoms with van der Waals surface area (Å²) in [6.45, 7) is 0. The van der Waals surface area contributed by atoms with E-state index in [4.69, 9.17) is 11.6 Å². The molecule has 0 nitrogen and oxygen atoms in total. The highest BCUT2D eigenvalue weighted by molar-refractivity contribution is 9.09. The Labute approximate surface area is 110 Å². The molecule has 0 heterocycles. The fourth-order valence-corrected chi connectivity index (χ4v) is 2.83. The molecule has 0 aliphatic rings. The zero-order valence-electron chi connectivity index (χ0n) is 8.88. The number of hydrogen-bond donors (Lipinski definition) is 0. The second-order valence-electron chi connectivity index (χ2n) is 3.60. The summed E-state index contributed by atoms with van der Waals surface area (Å²) in [5, 5.41) is 1.95. The zero-order chi connectivity index (χ0) is 11.1. The Balaban J connectivity index is 2.54. The zero-order valence-corrected chi connectivity index (χ0v) is 12.0. The molecular formula is C12H16BrClS. The summed E-state index contributed by atoms with van der Waals surface area (Å²) in [5.74, 6) is 1.91. The number of hydrogen-bond acceptors (Lipinski definition) is 1. The largest absolute Gasteiger partial charge is 0.165 e. The van der Waals surface area contributed by atoms with Gasteiger partial charge in [0.1, 0.15) is 0 Å². The molecule has 1 unspecified atom stereocenters. The highest BCUT2D eigenvalue weighted by Crippen LogP contribution is 2.22. The van der Waals surface area contributed by atoms with Gasteiger partial charge in [0.15, 0.2) is 0 Å². The van der Waals surface area contributed by atoms with Crippen molar-refractivity contribution in [3.63, 3.8) is 0 Å². The highest BCUT2D eigenvalue weighted by Gasteiger charge is 2.09. The Morgan fingerprint density at radius 3 is 2.73 bits per heavy atom. The quantitative estimate of drug-likeness (QED) is 0.690. The predicted molar refractivity (Wildman–Crippen MR) is 75.4 cm³/mol. The molecule has 0 N–H and O–H groups in total. The third kappa shape index (κ3) is 4.80. The van der Waals surface area contributed by atoms with E-state index in [1.165, 1.54) is 17.7 Å². The first-order valence-electron chi connectivity index (χ1n) is 5.06. The van der Waals surface area contributed by atoms with Crippen molar-refractivity contribution in [1.82, 2.24) is 0 Å². The van der Waals surface area contributed by atoms with Crippen molar-refractivity contribution in [2.45, 2.75) is 12.8 Å². The van der Waals surface area contributed by atoms with Gasteiger partial charge < -0.3 is 0 Å². The van der Waals surface area contributed by atoms with Gasteiger partial charge in [0.05, 0.1) is 0 Å². The van der Waals surface area contributed by atoms with E-state index < -0.39 is 0 Å². The van der Waals surface area contributed by atoms with Crippen LogP contribution in [0.25, 0.3) is 0 Å². The molecule has 0 aliphatic carbocycles. The Morgan fingerprint density at radius 1 is 1.40 bits per heavy atom. The fourth-order valence-electron chi connectivity index (χ4n) is 1.49. The van der Waals surface area contributed by atoms with Crippen molar-refractivity contribution in [2.24, 2.45) is 5.92 Å². The van der Waals surface area contributed by atoms with E-state index in [0.29, 0.717) is 5.92 Å². The van der Waals surface area contributed by atoms with Crippen LogP contribution in [0.1, 0.15) is 12.0 Å². The first kappa shape index (κ1) is 13.4. The molecule has 0 spiro atoms. The van der Waals surface area contributed by atoms with E-state index in [9.17, 15) is 0 Å². The highest BCUT2D eigenvalue weighted by atomic mass is 79.9. The molecule has 0 saturated heterocycles. The number of rotatable bonds is 6. The lowest BCUT2D eigenvalue weighted by Crippen LogP contribution is -2.07. The van der Waals surface area contributed by atoms with Gasteiger partial charge in [-0.25, -0.2) is 0 Å². The maximum absolute atomic E-state index is 6.14. The van der Waals surface area contributed by atoms with Gasteiger partial charge in [-0.15, -0.1) is 0 Å². The van der Waals surface area contributed by atoms with Crippen LogP contribution in [-0.2, 0) is 6.42 Å². The molecule has 1 rings (SSSR count). The van der Waals surface area contributed by atoms with E-state index in [-0.39, 0.29) is 0 Å². The van der Waals surface area contributed by atoms with Gasteiger partial charge >= 0.3 is 0 Å². The second kappa shape index (κ2) is 7.59. The lowest BCUT2D eigenvalue weighted by atomic mass is 9.99. The standard InChI is InChI=1S/C12H16BrClS/c1-15-7-6-10(9-13)8-11-4-2-3-5-12(11)14/h2-5,10H,6-9H2,1H3. The number of alkyl halides is 1. The van der Waals surface area contributed by atoms with Crippen LogP contribution in [0.5, 0.6) is 0 Å². The minimum Gasteiger partial charge on any atom is -0.165 e. The topological polar surface area (TPSA) is 0 Å². The van der Waals surface area contributed by atoms with Gasteiger partial charge in [-0.3, -0.25) is 0 Å².